The standard InChI is InChI=1S/C14H14F2N4OS/c1-14(2,3)12-19-11(20-21-12)6-22-13-17-9-4-7(15)8(16)5-10(9)18-13/h4-5H,6H2,1-3H3,(H,17,18). The first-order valence-electron chi connectivity index (χ1n) is 6.63. The van der Waals surface area contributed by atoms with Crippen molar-refractivity contribution >= 4 is 22.8 Å². The molecule has 2 heterocycles. The summed E-state index contributed by atoms with van der Waals surface area (Å²) in [6.07, 6.45) is 0. The predicted molar refractivity (Wildman–Crippen MR) is 78.6 cm³/mol. The van der Waals surface area contributed by atoms with Gasteiger partial charge in [0.05, 0.1) is 16.8 Å². The molecule has 0 aliphatic carbocycles. The molecule has 22 heavy (non-hydrogen) atoms. The fraction of sp³-hybridized carbons (Fsp3) is 0.357. The molecule has 0 aliphatic heterocycles. The van der Waals surface area contributed by atoms with E-state index in [0.717, 1.165) is 12.1 Å². The third-order valence-corrected chi connectivity index (χ3v) is 3.82. The molecule has 2 aromatic heterocycles. The second kappa shape index (κ2) is 5.35. The Bertz CT molecular complexity index is 783. The summed E-state index contributed by atoms with van der Waals surface area (Å²) < 4.78 is 31.5. The van der Waals surface area contributed by atoms with Crippen LogP contribution in [0.2, 0.25) is 0 Å². The van der Waals surface area contributed by atoms with Crippen LogP contribution in [-0.2, 0) is 11.2 Å². The van der Waals surface area contributed by atoms with Gasteiger partial charge in [0, 0.05) is 17.5 Å². The average molecular weight is 324 g/mol. The number of nitrogens with one attached hydrogen (secondary N) is 1. The van der Waals surface area contributed by atoms with Gasteiger partial charge in [-0.2, -0.15) is 4.98 Å². The molecule has 116 valence electrons. The van der Waals surface area contributed by atoms with E-state index in [4.69, 9.17) is 4.52 Å². The minimum Gasteiger partial charge on any atom is -0.339 e. The fourth-order valence-corrected chi connectivity index (χ4v) is 2.53. The summed E-state index contributed by atoms with van der Waals surface area (Å²) in [5, 5.41) is 4.45. The van der Waals surface area contributed by atoms with Gasteiger partial charge in [0.1, 0.15) is 0 Å². The number of halogens is 2. The number of imidazole rings is 1. The van der Waals surface area contributed by atoms with E-state index in [1.807, 2.05) is 20.8 Å². The molecule has 3 rings (SSSR count). The Morgan fingerprint density at radius 2 is 1.91 bits per heavy atom. The van der Waals surface area contributed by atoms with Crippen molar-refractivity contribution in [3.05, 3.63) is 35.5 Å². The lowest BCUT2D eigenvalue weighted by molar-refractivity contribution is 0.319. The van der Waals surface area contributed by atoms with Crippen LogP contribution in [0.3, 0.4) is 0 Å². The van der Waals surface area contributed by atoms with Crippen molar-refractivity contribution in [3.8, 4) is 0 Å². The third-order valence-electron chi connectivity index (χ3n) is 2.95. The highest BCUT2D eigenvalue weighted by molar-refractivity contribution is 7.98. The molecule has 1 aromatic carbocycles. The maximum atomic E-state index is 13.2. The predicted octanol–water partition coefficient (Wildman–Crippen LogP) is 3.81. The molecule has 0 fully saturated rings. The number of fused-ring (bicyclic) bond motifs is 1. The van der Waals surface area contributed by atoms with Gasteiger partial charge in [-0.3, -0.25) is 0 Å². The Kier molecular flexibility index (Phi) is 3.64. The van der Waals surface area contributed by atoms with Crippen molar-refractivity contribution in [2.45, 2.75) is 37.1 Å². The number of H-pyrrole nitrogens is 1. The van der Waals surface area contributed by atoms with Crippen LogP contribution in [-0.4, -0.2) is 20.1 Å². The Morgan fingerprint density at radius 1 is 1.18 bits per heavy atom. The minimum absolute atomic E-state index is 0.204. The molecule has 0 atom stereocenters. The normalized spacial score (nSPS) is 12.2. The van der Waals surface area contributed by atoms with Crippen molar-refractivity contribution in [2.24, 2.45) is 0 Å². The minimum atomic E-state index is -0.913. The summed E-state index contributed by atoms with van der Waals surface area (Å²) in [6.45, 7) is 5.96. The summed E-state index contributed by atoms with van der Waals surface area (Å²) in [7, 11) is 0. The number of aromatic amines is 1. The van der Waals surface area contributed by atoms with Crippen LogP contribution in [0.1, 0.15) is 32.5 Å². The summed E-state index contributed by atoms with van der Waals surface area (Å²) in [4.78, 5) is 11.4. The smallest absolute Gasteiger partial charge is 0.232 e. The molecule has 0 radical (unpaired) electrons. The molecule has 0 unspecified atom stereocenters. The first-order chi connectivity index (χ1) is 10.3. The quantitative estimate of drug-likeness (QED) is 0.742. The number of thioether (sulfide) groups is 1. The molecular formula is C14H14F2N4OS. The van der Waals surface area contributed by atoms with Crippen molar-refractivity contribution < 1.29 is 13.3 Å². The van der Waals surface area contributed by atoms with Gasteiger partial charge in [0.25, 0.3) is 0 Å². The van der Waals surface area contributed by atoms with E-state index in [9.17, 15) is 8.78 Å². The molecule has 0 spiro atoms. The summed E-state index contributed by atoms with van der Waals surface area (Å²) in [5.41, 5.74) is 0.624. The van der Waals surface area contributed by atoms with Gasteiger partial charge in [-0.1, -0.05) is 37.7 Å². The number of aromatic nitrogens is 4. The largest absolute Gasteiger partial charge is 0.339 e. The molecular weight excluding hydrogens is 310 g/mol. The van der Waals surface area contributed by atoms with Gasteiger partial charge in [0.2, 0.25) is 5.89 Å². The molecule has 0 saturated carbocycles. The zero-order valence-electron chi connectivity index (χ0n) is 12.3. The highest BCUT2D eigenvalue weighted by Gasteiger charge is 2.21. The van der Waals surface area contributed by atoms with Crippen LogP contribution < -0.4 is 0 Å². The Balaban J connectivity index is 1.75. The second-order valence-electron chi connectivity index (χ2n) is 5.88. The van der Waals surface area contributed by atoms with Crippen LogP contribution in [0.25, 0.3) is 11.0 Å². The van der Waals surface area contributed by atoms with E-state index in [1.165, 1.54) is 11.8 Å². The van der Waals surface area contributed by atoms with Gasteiger partial charge in [-0.05, 0) is 0 Å². The summed E-state index contributed by atoms with van der Waals surface area (Å²) in [5.74, 6) is -0.251. The molecule has 0 amide bonds. The van der Waals surface area contributed by atoms with E-state index >= 15 is 0 Å². The van der Waals surface area contributed by atoms with E-state index in [1.54, 1.807) is 0 Å². The van der Waals surface area contributed by atoms with Crippen LogP contribution in [0.5, 0.6) is 0 Å². The summed E-state index contributed by atoms with van der Waals surface area (Å²) in [6, 6.07) is 2.16. The second-order valence-corrected chi connectivity index (χ2v) is 6.84. The fourth-order valence-electron chi connectivity index (χ4n) is 1.80. The molecule has 1 N–H and O–H groups in total. The molecule has 0 bridgehead atoms. The van der Waals surface area contributed by atoms with E-state index < -0.39 is 11.6 Å². The van der Waals surface area contributed by atoms with E-state index in [-0.39, 0.29) is 5.41 Å². The van der Waals surface area contributed by atoms with Gasteiger partial charge in [-0.15, -0.1) is 0 Å². The number of hydrogen-bond acceptors (Lipinski definition) is 5. The lowest BCUT2D eigenvalue weighted by Crippen LogP contribution is -2.11. The highest BCUT2D eigenvalue weighted by atomic mass is 32.2. The van der Waals surface area contributed by atoms with Crippen molar-refractivity contribution in [1.82, 2.24) is 20.1 Å². The molecule has 8 heteroatoms. The lowest BCUT2D eigenvalue weighted by Gasteiger charge is -2.10. The zero-order valence-corrected chi connectivity index (χ0v) is 13.1. The first kappa shape index (κ1) is 15.0. The van der Waals surface area contributed by atoms with Crippen molar-refractivity contribution in [3.63, 3.8) is 0 Å². The van der Waals surface area contributed by atoms with Crippen LogP contribution in [0.4, 0.5) is 8.78 Å². The third kappa shape index (κ3) is 2.96. The number of benzene rings is 1. The van der Waals surface area contributed by atoms with Gasteiger partial charge < -0.3 is 9.51 Å². The van der Waals surface area contributed by atoms with Crippen molar-refractivity contribution in [2.75, 3.05) is 0 Å². The molecule has 5 nitrogen and oxygen atoms in total. The Labute approximate surface area is 129 Å². The molecule has 0 aliphatic rings. The van der Waals surface area contributed by atoms with Gasteiger partial charge in [0.15, 0.2) is 22.6 Å². The number of hydrogen-bond donors (Lipinski definition) is 1. The maximum Gasteiger partial charge on any atom is 0.232 e. The maximum absolute atomic E-state index is 13.2. The lowest BCUT2D eigenvalue weighted by atomic mass is 9.97. The Morgan fingerprint density at radius 3 is 2.59 bits per heavy atom. The van der Waals surface area contributed by atoms with Gasteiger partial charge in [-0.25, -0.2) is 13.8 Å². The average Bonchev–Trinajstić information content (AvgIpc) is 3.03. The number of rotatable bonds is 3. The monoisotopic (exact) mass is 324 g/mol. The van der Waals surface area contributed by atoms with E-state index in [2.05, 4.69) is 20.1 Å². The molecule has 0 saturated heterocycles. The zero-order chi connectivity index (χ0) is 15.9. The first-order valence-corrected chi connectivity index (χ1v) is 7.62. The highest BCUT2D eigenvalue weighted by Crippen LogP contribution is 2.25. The molecule has 3 aromatic rings. The van der Waals surface area contributed by atoms with Crippen LogP contribution in [0.15, 0.2) is 21.8 Å². The number of nitrogens with zero attached hydrogens (tertiary/aromatic N) is 3. The SMILES string of the molecule is CC(C)(C)c1nc(CSc2nc3cc(F)c(F)cc3[nH]2)no1. The Hall–Kier alpha value is -1.96. The van der Waals surface area contributed by atoms with Gasteiger partial charge >= 0.3 is 0 Å². The van der Waals surface area contributed by atoms with Crippen molar-refractivity contribution in [1.29, 1.82) is 0 Å². The summed E-state index contributed by atoms with van der Waals surface area (Å²) >= 11 is 1.34. The van der Waals surface area contributed by atoms with E-state index in [0.29, 0.717) is 33.7 Å². The topological polar surface area (TPSA) is 67.6 Å². The van der Waals surface area contributed by atoms with Crippen LogP contribution in [0, 0.1) is 11.6 Å². The van der Waals surface area contributed by atoms with Crippen LogP contribution >= 0.6 is 11.8 Å².